The van der Waals surface area contributed by atoms with Crippen LogP contribution in [0.25, 0.3) is 10.8 Å². The summed E-state index contributed by atoms with van der Waals surface area (Å²) in [4.78, 5) is 12.4. The summed E-state index contributed by atoms with van der Waals surface area (Å²) >= 11 is 0. The van der Waals surface area contributed by atoms with Gasteiger partial charge in [0.1, 0.15) is 5.84 Å². The molecular weight excluding hydrogens is 284 g/mol. The minimum absolute atomic E-state index is 0.0137. The molecule has 0 aliphatic rings. The van der Waals surface area contributed by atoms with Gasteiger partial charge < -0.3 is 5.73 Å². The molecule has 3 aromatic carbocycles. The van der Waals surface area contributed by atoms with E-state index in [1.165, 1.54) is 16.3 Å². The van der Waals surface area contributed by atoms with Crippen LogP contribution in [0.1, 0.15) is 27.9 Å². The fourth-order valence-electron chi connectivity index (χ4n) is 2.74. The fraction of sp³-hybridized carbons (Fsp3) is 0.100. The predicted molar refractivity (Wildman–Crippen MR) is 94.1 cm³/mol. The van der Waals surface area contributed by atoms with Crippen molar-refractivity contribution in [1.82, 2.24) is 0 Å². The van der Waals surface area contributed by atoms with E-state index in [0.29, 0.717) is 24.0 Å². The zero-order valence-electron chi connectivity index (χ0n) is 12.8. The van der Waals surface area contributed by atoms with Crippen LogP contribution in [-0.4, -0.2) is 11.6 Å². The third-order valence-electron chi connectivity index (χ3n) is 4.02. The smallest absolute Gasteiger partial charge is 0.163 e. The Morgan fingerprint density at radius 2 is 1.52 bits per heavy atom. The first-order valence-corrected chi connectivity index (χ1v) is 7.59. The van der Waals surface area contributed by atoms with Crippen molar-refractivity contribution in [2.75, 3.05) is 0 Å². The van der Waals surface area contributed by atoms with E-state index in [2.05, 4.69) is 24.3 Å². The average molecular weight is 302 g/mol. The molecule has 114 valence electrons. The van der Waals surface area contributed by atoms with Crippen LogP contribution in [0.3, 0.4) is 0 Å². The highest BCUT2D eigenvalue weighted by molar-refractivity contribution is 5.99. The molecule has 0 saturated heterocycles. The van der Waals surface area contributed by atoms with Crippen LogP contribution in [0.15, 0.2) is 66.7 Å². The van der Waals surface area contributed by atoms with Crippen molar-refractivity contribution >= 4 is 22.4 Å². The number of benzene rings is 3. The SMILES string of the molecule is N=C(N)c1ccc(C(=O)CCc2cccc3ccccc23)cc1. The van der Waals surface area contributed by atoms with Crippen molar-refractivity contribution in [1.29, 1.82) is 5.41 Å². The van der Waals surface area contributed by atoms with Crippen molar-refractivity contribution in [3.63, 3.8) is 0 Å². The van der Waals surface area contributed by atoms with Crippen LogP contribution in [0.2, 0.25) is 0 Å². The molecule has 0 aromatic heterocycles. The first-order chi connectivity index (χ1) is 11.1. The molecule has 0 heterocycles. The minimum atomic E-state index is 0.0137. The zero-order chi connectivity index (χ0) is 16.2. The second kappa shape index (κ2) is 6.44. The highest BCUT2D eigenvalue weighted by atomic mass is 16.1. The highest BCUT2D eigenvalue weighted by Gasteiger charge is 2.08. The lowest BCUT2D eigenvalue weighted by molar-refractivity contribution is 0.0983. The summed E-state index contributed by atoms with van der Waals surface area (Å²) in [5.41, 5.74) is 7.91. The highest BCUT2D eigenvalue weighted by Crippen LogP contribution is 2.20. The van der Waals surface area contributed by atoms with Crippen LogP contribution >= 0.6 is 0 Å². The second-order valence-corrected chi connectivity index (χ2v) is 5.55. The van der Waals surface area contributed by atoms with Crippen LogP contribution in [0.5, 0.6) is 0 Å². The number of aryl methyl sites for hydroxylation is 1. The van der Waals surface area contributed by atoms with Gasteiger partial charge in [-0.3, -0.25) is 10.2 Å². The molecule has 3 N–H and O–H groups in total. The van der Waals surface area contributed by atoms with E-state index in [9.17, 15) is 4.79 Å². The molecule has 0 amide bonds. The number of nitrogens with two attached hydrogens (primary N) is 1. The Bertz CT molecular complexity index is 861. The number of hydrogen-bond donors (Lipinski definition) is 2. The van der Waals surface area contributed by atoms with Gasteiger partial charge in [0, 0.05) is 17.5 Å². The van der Waals surface area contributed by atoms with Gasteiger partial charge in [0.05, 0.1) is 0 Å². The third-order valence-corrected chi connectivity index (χ3v) is 4.02. The van der Waals surface area contributed by atoms with Gasteiger partial charge in [0.25, 0.3) is 0 Å². The van der Waals surface area contributed by atoms with Crippen LogP contribution < -0.4 is 5.73 Å². The molecular formula is C20H18N2O. The quantitative estimate of drug-likeness (QED) is 0.426. The number of ketones is 1. The summed E-state index contributed by atoms with van der Waals surface area (Å²) in [6.07, 6.45) is 1.18. The summed E-state index contributed by atoms with van der Waals surface area (Å²) < 4.78 is 0. The van der Waals surface area contributed by atoms with Gasteiger partial charge in [-0.1, -0.05) is 66.7 Å². The zero-order valence-corrected chi connectivity index (χ0v) is 12.8. The Morgan fingerprint density at radius 3 is 2.26 bits per heavy atom. The number of fused-ring (bicyclic) bond motifs is 1. The van der Waals surface area contributed by atoms with Crippen molar-refractivity contribution < 1.29 is 4.79 Å². The lowest BCUT2D eigenvalue weighted by atomic mass is 9.97. The van der Waals surface area contributed by atoms with E-state index < -0.39 is 0 Å². The summed E-state index contributed by atoms with van der Waals surface area (Å²) in [7, 11) is 0. The molecule has 3 heteroatoms. The van der Waals surface area contributed by atoms with Gasteiger partial charge in [0.2, 0.25) is 0 Å². The maximum atomic E-state index is 12.4. The van der Waals surface area contributed by atoms with Gasteiger partial charge in [-0.2, -0.15) is 0 Å². The molecule has 3 nitrogen and oxygen atoms in total. The maximum Gasteiger partial charge on any atom is 0.163 e. The summed E-state index contributed by atoms with van der Waals surface area (Å²) in [6.45, 7) is 0. The van der Waals surface area contributed by atoms with Gasteiger partial charge in [-0.05, 0) is 22.8 Å². The van der Waals surface area contributed by atoms with Gasteiger partial charge in [-0.25, -0.2) is 0 Å². The van der Waals surface area contributed by atoms with E-state index >= 15 is 0 Å². The molecule has 0 aliphatic heterocycles. The lowest BCUT2D eigenvalue weighted by Gasteiger charge is -2.07. The molecule has 23 heavy (non-hydrogen) atoms. The van der Waals surface area contributed by atoms with E-state index in [0.717, 1.165) is 0 Å². The number of nitrogen functional groups attached to an aromatic ring is 1. The fourth-order valence-corrected chi connectivity index (χ4v) is 2.74. The topological polar surface area (TPSA) is 66.9 Å². The standard InChI is InChI=1S/C20H18N2O/c21-20(22)17-10-8-16(9-11-17)19(23)13-12-15-6-3-5-14-4-1-2-7-18(14)15/h1-11H,12-13H2,(H3,21,22). The van der Waals surface area contributed by atoms with Gasteiger partial charge >= 0.3 is 0 Å². The molecule has 0 bridgehead atoms. The van der Waals surface area contributed by atoms with Crippen LogP contribution in [0.4, 0.5) is 0 Å². The van der Waals surface area contributed by atoms with Crippen LogP contribution in [-0.2, 0) is 6.42 Å². The molecule has 0 aliphatic carbocycles. The van der Waals surface area contributed by atoms with Gasteiger partial charge in [-0.15, -0.1) is 0 Å². The largest absolute Gasteiger partial charge is 0.384 e. The molecule has 3 aromatic rings. The maximum absolute atomic E-state index is 12.4. The Kier molecular flexibility index (Phi) is 4.20. The minimum Gasteiger partial charge on any atom is -0.384 e. The number of Topliss-reactive ketones (excluding diaryl/α,β-unsaturated/α-hetero) is 1. The Morgan fingerprint density at radius 1 is 0.870 bits per heavy atom. The first kappa shape index (κ1) is 15.0. The molecule has 0 fully saturated rings. The van der Waals surface area contributed by atoms with E-state index in [1.807, 2.05) is 18.2 Å². The summed E-state index contributed by atoms with van der Waals surface area (Å²) in [6, 6.07) is 21.3. The normalized spacial score (nSPS) is 10.6. The molecule has 0 atom stereocenters. The van der Waals surface area contributed by atoms with E-state index in [4.69, 9.17) is 11.1 Å². The van der Waals surface area contributed by atoms with Crippen molar-refractivity contribution in [3.05, 3.63) is 83.4 Å². The number of hydrogen-bond acceptors (Lipinski definition) is 2. The summed E-state index contributed by atoms with van der Waals surface area (Å²) in [5, 5.41) is 9.78. The third kappa shape index (κ3) is 3.29. The van der Waals surface area contributed by atoms with Gasteiger partial charge in [0.15, 0.2) is 5.78 Å². The monoisotopic (exact) mass is 302 g/mol. The molecule has 3 rings (SSSR count). The van der Waals surface area contributed by atoms with E-state index in [1.54, 1.807) is 24.3 Å². The van der Waals surface area contributed by atoms with Crippen molar-refractivity contribution in [2.24, 2.45) is 5.73 Å². The number of rotatable bonds is 5. The second-order valence-electron chi connectivity index (χ2n) is 5.55. The average Bonchev–Trinajstić information content (AvgIpc) is 2.59. The number of carbonyl (C=O) groups is 1. The molecule has 0 saturated carbocycles. The molecule has 0 unspecified atom stereocenters. The lowest BCUT2D eigenvalue weighted by Crippen LogP contribution is -2.11. The molecule has 0 spiro atoms. The Labute approximate surface area is 135 Å². The van der Waals surface area contributed by atoms with Crippen molar-refractivity contribution in [2.45, 2.75) is 12.8 Å². The molecule has 0 radical (unpaired) electrons. The summed E-state index contributed by atoms with van der Waals surface area (Å²) in [5.74, 6) is 0.118. The van der Waals surface area contributed by atoms with Crippen LogP contribution in [0, 0.1) is 5.41 Å². The van der Waals surface area contributed by atoms with Crippen molar-refractivity contribution in [3.8, 4) is 0 Å². The number of nitrogens with one attached hydrogen (secondary N) is 1. The Hall–Kier alpha value is -2.94. The first-order valence-electron chi connectivity index (χ1n) is 7.59. The Balaban J connectivity index is 1.74. The number of amidine groups is 1. The predicted octanol–water partition coefficient (Wildman–Crippen LogP) is 3.94. The number of carbonyl (C=O) groups excluding carboxylic acids is 1. The van der Waals surface area contributed by atoms with E-state index in [-0.39, 0.29) is 11.6 Å².